The smallest absolute Gasteiger partial charge is 0.132 e. The van der Waals surface area contributed by atoms with E-state index in [1.165, 1.54) is 44.9 Å². The molecule has 0 aliphatic heterocycles. The lowest BCUT2D eigenvalue weighted by Crippen LogP contribution is -1.97. The third-order valence-electron chi connectivity index (χ3n) is 3.66. The molecule has 1 N–H and O–H groups in total. The molecule has 0 aromatic carbocycles. The fourth-order valence-electron chi connectivity index (χ4n) is 2.36. The van der Waals surface area contributed by atoms with Crippen molar-refractivity contribution in [3.63, 3.8) is 0 Å². The highest BCUT2D eigenvalue weighted by molar-refractivity contribution is 5.78. The number of Topliss-reactive ketones (excluding diaryl/α,β-unsaturated/α-hetero) is 1. The molecule has 0 bridgehead atoms. The van der Waals surface area contributed by atoms with Crippen molar-refractivity contribution in [3.8, 4) is 0 Å². The van der Waals surface area contributed by atoms with E-state index in [4.69, 9.17) is 5.11 Å². The standard InChI is InChI=1S/C18H34O2/c1-2-3-4-5-9-12-15-18(20)16-13-10-7-6-8-11-14-17-19/h11,14,19H,2-10,12-13,15-17H2,1H3. The van der Waals surface area contributed by atoms with Crippen LogP contribution in [0.2, 0.25) is 0 Å². The Labute approximate surface area is 125 Å². The molecule has 2 nitrogen and oxygen atoms in total. The van der Waals surface area contributed by atoms with E-state index in [1.54, 1.807) is 6.08 Å². The second kappa shape index (κ2) is 16.4. The Morgan fingerprint density at radius 1 is 0.800 bits per heavy atom. The molecule has 0 aromatic rings. The van der Waals surface area contributed by atoms with Gasteiger partial charge >= 0.3 is 0 Å². The van der Waals surface area contributed by atoms with Crippen molar-refractivity contribution in [1.29, 1.82) is 0 Å². The number of rotatable bonds is 15. The van der Waals surface area contributed by atoms with E-state index < -0.39 is 0 Å². The fourth-order valence-corrected chi connectivity index (χ4v) is 2.36. The summed E-state index contributed by atoms with van der Waals surface area (Å²) in [5.41, 5.74) is 0. The van der Waals surface area contributed by atoms with Crippen molar-refractivity contribution >= 4 is 5.78 Å². The van der Waals surface area contributed by atoms with Crippen LogP contribution in [0.5, 0.6) is 0 Å². The minimum Gasteiger partial charge on any atom is -0.392 e. The maximum atomic E-state index is 11.7. The SMILES string of the molecule is CCCCCCCCC(=O)CCCCCCC=CCO. The molecule has 0 saturated carbocycles. The Morgan fingerprint density at radius 3 is 1.95 bits per heavy atom. The van der Waals surface area contributed by atoms with Gasteiger partial charge in [0.25, 0.3) is 0 Å². The largest absolute Gasteiger partial charge is 0.392 e. The summed E-state index contributed by atoms with van der Waals surface area (Å²) in [6, 6.07) is 0. The summed E-state index contributed by atoms with van der Waals surface area (Å²) in [4.78, 5) is 11.7. The summed E-state index contributed by atoms with van der Waals surface area (Å²) in [6.07, 6.45) is 18.6. The van der Waals surface area contributed by atoms with E-state index in [0.717, 1.165) is 38.5 Å². The summed E-state index contributed by atoms with van der Waals surface area (Å²) in [5, 5.41) is 8.57. The second-order valence-electron chi connectivity index (χ2n) is 5.66. The third kappa shape index (κ3) is 15.4. The van der Waals surface area contributed by atoms with Crippen LogP contribution < -0.4 is 0 Å². The van der Waals surface area contributed by atoms with Gasteiger partial charge in [0.05, 0.1) is 6.61 Å². The topological polar surface area (TPSA) is 37.3 Å². The lowest BCUT2D eigenvalue weighted by atomic mass is 10.0. The molecule has 0 amide bonds. The molecule has 0 aliphatic carbocycles. The average Bonchev–Trinajstić information content (AvgIpc) is 2.45. The van der Waals surface area contributed by atoms with E-state index in [0.29, 0.717) is 5.78 Å². The first-order valence-corrected chi connectivity index (χ1v) is 8.58. The molecule has 0 fully saturated rings. The summed E-state index contributed by atoms with van der Waals surface area (Å²) < 4.78 is 0. The van der Waals surface area contributed by atoms with E-state index in [2.05, 4.69) is 6.92 Å². The number of carbonyl (C=O) groups is 1. The van der Waals surface area contributed by atoms with Gasteiger partial charge in [0.15, 0.2) is 0 Å². The van der Waals surface area contributed by atoms with Crippen molar-refractivity contribution in [2.24, 2.45) is 0 Å². The third-order valence-corrected chi connectivity index (χ3v) is 3.66. The summed E-state index contributed by atoms with van der Waals surface area (Å²) >= 11 is 0. The number of aliphatic hydroxyl groups excluding tert-OH is 1. The molecular weight excluding hydrogens is 248 g/mol. The van der Waals surface area contributed by atoms with Gasteiger partial charge in [-0.15, -0.1) is 0 Å². The lowest BCUT2D eigenvalue weighted by Gasteiger charge is -2.02. The first-order chi connectivity index (χ1) is 9.81. The van der Waals surface area contributed by atoms with E-state index >= 15 is 0 Å². The van der Waals surface area contributed by atoms with Crippen LogP contribution in [0.15, 0.2) is 12.2 Å². The van der Waals surface area contributed by atoms with Gasteiger partial charge in [0.1, 0.15) is 5.78 Å². The van der Waals surface area contributed by atoms with Gasteiger partial charge in [-0.3, -0.25) is 4.79 Å². The average molecular weight is 282 g/mol. The van der Waals surface area contributed by atoms with Crippen LogP contribution in [0.4, 0.5) is 0 Å². The molecule has 0 aliphatic rings. The molecule has 0 spiro atoms. The Kier molecular flexibility index (Phi) is 15.9. The first-order valence-electron chi connectivity index (χ1n) is 8.58. The Bertz CT molecular complexity index is 234. The van der Waals surface area contributed by atoms with Gasteiger partial charge in [-0.2, -0.15) is 0 Å². The zero-order valence-corrected chi connectivity index (χ0v) is 13.4. The maximum Gasteiger partial charge on any atom is 0.132 e. The molecular formula is C18H34O2. The normalized spacial score (nSPS) is 11.3. The summed E-state index contributed by atoms with van der Waals surface area (Å²) in [5.74, 6) is 0.459. The minimum atomic E-state index is 0.146. The van der Waals surface area contributed by atoms with Gasteiger partial charge < -0.3 is 5.11 Å². The van der Waals surface area contributed by atoms with Crippen LogP contribution in [-0.2, 0) is 4.79 Å². The van der Waals surface area contributed by atoms with Crippen molar-refractivity contribution in [2.75, 3.05) is 6.61 Å². The van der Waals surface area contributed by atoms with Gasteiger partial charge in [0, 0.05) is 12.8 Å². The second-order valence-corrected chi connectivity index (χ2v) is 5.66. The van der Waals surface area contributed by atoms with Crippen molar-refractivity contribution in [2.45, 2.75) is 90.4 Å². The first kappa shape index (κ1) is 19.4. The highest BCUT2D eigenvalue weighted by Gasteiger charge is 2.01. The highest BCUT2D eigenvalue weighted by atomic mass is 16.2. The van der Waals surface area contributed by atoms with Crippen molar-refractivity contribution < 1.29 is 9.90 Å². The molecule has 118 valence electrons. The Morgan fingerprint density at radius 2 is 1.35 bits per heavy atom. The number of allylic oxidation sites excluding steroid dienone is 1. The van der Waals surface area contributed by atoms with Crippen molar-refractivity contribution in [1.82, 2.24) is 0 Å². The monoisotopic (exact) mass is 282 g/mol. The fraction of sp³-hybridized carbons (Fsp3) is 0.833. The molecule has 0 unspecified atom stereocenters. The van der Waals surface area contributed by atoms with Crippen LogP contribution in [0.3, 0.4) is 0 Å². The molecule has 0 radical (unpaired) electrons. The Balaban J connectivity index is 3.18. The van der Waals surface area contributed by atoms with Gasteiger partial charge in [-0.25, -0.2) is 0 Å². The van der Waals surface area contributed by atoms with Gasteiger partial charge in [-0.1, -0.05) is 64.0 Å². The maximum absolute atomic E-state index is 11.7. The molecule has 2 heteroatoms. The van der Waals surface area contributed by atoms with E-state index in [9.17, 15) is 4.79 Å². The molecule has 0 aromatic heterocycles. The molecule has 0 heterocycles. The minimum absolute atomic E-state index is 0.146. The van der Waals surface area contributed by atoms with Crippen LogP contribution >= 0.6 is 0 Å². The van der Waals surface area contributed by atoms with Gasteiger partial charge in [-0.05, 0) is 25.7 Å². The number of hydrogen-bond donors (Lipinski definition) is 1. The van der Waals surface area contributed by atoms with E-state index in [-0.39, 0.29) is 6.61 Å². The lowest BCUT2D eigenvalue weighted by molar-refractivity contribution is -0.119. The highest BCUT2D eigenvalue weighted by Crippen LogP contribution is 2.11. The molecule has 0 rings (SSSR count). The zero-order valence-electron chi connectivity index (χ0n) is 13.4. The number of hydrogen-bond acceptors (Lipinski definition) is 2. The molecule has 0 atom stereocenters. The Hall–Kier alpha value is -0.630. The van der Waals surface area contributed by atoms with Crippen molar-refractivity contribution in [3.05, 3.63) is 12.2 Å². The van der Waals surface area contributed by atoms with Crippen LogP contribution in [0, 0.1) is 0 Å². The molecule has 20 heavy (non-hydrogen) atoms. The summed E-state index contributed by atoms with van der Waals surface area (Å²) in [6.45, 7) is 2.37. The number of ketones is 1. The van der Waals surface area contributed by atoms with Crippen LogP contribution in [0.25, 0.3) is 0 Å². The van der Waals surface area contributed by atoms with E-state index in [1.807, 2.05) is 6.08 Å². The molecule has 0 saturated heterocycles. The van der Waals surface area contributed by atoms with Gasteiger partial charge in [0.2, 0.25) is 0 Å². The predicted molar refractivity (Wildman–Crippen MR) is 86.9 cm³/mol. The summed E-state index contributed by atoms with van der Waals surface area (Å²) in [7, 11) is 0. The number of carbonyl (C=O) groups excluding carboxylic acids is 1. The number of aliphatic hydroxyl groups is 1. The van der Waals surface area contributed by atoms with Crippen LogP contribution in [0.1, 0.15) is 90.4 Å². The number of unbranched alkanes of at least 4 members (excludes halogenated alkanes) is 9. The quantitative estimate of drug-likeness (QED) is 0.331. The predicted octanol–water partition coefficient (Wildman–Crippen LogP) is 5.20. The zero-order chi connectivity index (χ0) is 14.9. The van der Waals surface area contributed by atoms with Crippen LogP contribution in [-0.4, -0.2) is 17.5 Å².